The van der Waals surface area contributed by atoms with Crippen LogP contribution in [0.25, 0.3) is 10.8 Å². The highest BCUT2D eigenvalue weighted by atomic mass is 32.2. The van der Waals surface area contributed by atoms with Crippen LogP contribution in [-0.4, -0.2) is 34.6 Å². The number of hydrogen-bond acceptors (Lipinski definition) is 5. The minimum atomic E-state index is -3.86. The molecule has 0 saturated carbocycles. The lowest BCUT2D eigenvalue weighted by Gasteiger charge is -2.21. The van der Waals surface area contributed by atoms with Gasteiger partial charge in [-0.05, 0) is 30.7 Å². The zero-order valence-electron chi connectivity index (χ0n) is 16.9. The zero-order chi connectivity index (χ0) is 21.3. The molecule has 6 nitrogen and oxygen atoms in total. The molecule has 0 amide bonds. The van der Waals surface area contributed by atoms with E-state index in [1.54, 1.807) is 44.4 Å². The molecule has 1 aliphatic heterocycles. The first-order valence-electron chi connectivity index (χ1n) is 9.80. The van der Waals surface area contributed by atoms with Crippen LogP contribution in [0, 0.1) is 0 Å². The second-order valence-electron chi connectivity index (χ2n) is 7.11. The Bertz CT molecular complexity index is 1210. The van der Waals surface area contributed by atoms with Crippen molar-refractivity contribution in [2.24, 2.45) is 0 Å². The molecule has 0 spiro atoms. The minimum absolute atomic E-state index is 0.139. The van der Waals surface area contributed by atoms with Crippen LogP contribution in [0.5, 0.6) is 5.75 Å². The molecule has 3 aromatic rings. The van der Waals surface area contributed by atoms with Gasteiger partial charge in [-0.15, -0.1) is 0 Å². The van der Waals surface area contributed by atoms with Gasteiger partial charge in [0.15, 0.2) is 0 Å². The molecular formula is C23H23NO5S. The maximum absolute atomic E-state index is 13.7. The van der Waals surface area contributed by atoms with Crippen LogP contribution in [0.15, 0.2) is 65.6 Å². The van der Waals surface area contributed by atoms with E-state index in [1.807, 2.05) is 30.3 Å². The summed E-state index contributed by atoms with van der Waals surface area (Å²) in [5.74, 6) is 0.0394. The summed E-state index contributed by atoms with van der Waals surface area (Å²) >= 11 is 0. The molecule has 1 aliphatic rings. The Morgan fingerprint density at radius 2 is 1.73 bits per heavy atom. The van der Waals surface area contributed by atoms with Crippen molar-refractivity contribution < 1.29 is 22.7 Å². The number of fused-ring (bicyclic) bond motifs is 2. The molecule has 0 bridgehead atoms. The van der Waals surface area contributed by atoms with Crippen LogP contribution in [0.3, 0.4) is 0 Å². The molecule has 0 saturated heterocycles. The quantitative estimate of drug-likeness (QED) is 0.556. The van der Waals surface area contributed by atoms with E-state index in [-0.39, 0.29) is 29.7 Å². The van der Waals surface area contributed by atoms with Crippen LogP contribution >= 0.6 is 0 Å². The Hall–Kier alpha value is -3.06. The number of esters is 1. The van der Waals surface area contributed by atoms with E-state index in [4.69, 9.17) is 9.47 Å². The summed E-state index contributed by atoms with van der Waals surface area (Å²) in [6.07, 6.45) is 0.139. The van der Waals surface area contributed by atoms with Gasteiger partial charge in [0.05, 0.1) is 30.7 Å². The molecule has 1 atom stereocenters. The Labute approximate surface area is 176 Å². The maximum Gasteiger partial charge on any atom is 0.306 e. The minimum Gasteiger partial charge on any atom is -0.496 e. The molecule has 0 aromatic heterocycles. The lowest BCUT2D eigenvalue weighted by atomic mass is 9.98. The first kappa shape index (κ1) is 20.2. The van der Waals surface area contributed by atoms with E-state index in [0.29, 0.717) is 23.4 Å². The van der Waals surface area contributed by atoms with Crippen molar-refractivity contribution in [3.8, 4) is 5.75 Å². The standard InChI is InChI=1S/C23H23NO5S/c1-3-29-23(25)14-16-15-24(20-11-7-6-8-17(16)20)30(26,27)22-13-12-21(28-2)18-9-4-5-10-19(18)22/h4-13,16H,3,14-15H2,1-2H3. The zero-order valence-corrected chi connectivity index (χ0v) is 17.7. The third-order valence-electron chi connectivity index (χ3n) is 5.38. The summed E-state index contributed by atoms with van der Waals surface area (Å²) in [5, 5.41) is 1.33. The molecule has 156 valence electrons. The number of rotatable bonds is 6. The number of sulfonamides is 1. The Morgan fingerprint density at radius 1 is 1.03 bits per heavy atom. The van der Waals surface area contributed by atoms with Gasteiger partial charge in [0.1, 0.15) is 5.75 Å². The highest BCUT2D eigenvalue weighted by molar-refractivity contribution is 7.93. The summed E-state index contributed by atoms with van der Waals surface area (Å²) in [5.41, 5.74) is 1.44. The SMILES string of the molecule is CCOC(=O)CC1CN(S(=O)(=O)c2ccc(OC)c3ccccc23)c2ccccc21. The van der Waals surface area contributed by atoms with Gasteiger partial charge in [0.25, 0.3) is 10.0 Å². The molecule has 4 rings (SSSR count). The van der Waals surface area contributed by atoms with Gasteiger partial charge in [-0.2, -0.15) is 0 Å². The molecule has 1 unspecified atom stereocenters. The molecule has 0 fully saturated rings. The van der Waals surface area contributed by atoms with Crippen molar-refractivity contribution in [3.05, 3.63) is 66.2 Å². The molecule has 0 radical (unpaired) electrons. The molecule has 30 heavy (non-hydrogen) atoms. The van der Waals surface area contributed by atoms with Crippen LogP contribution in [0.4, 0.5) is 5.69 Å². The highest BCUT2D eigenvalue weighted by Gasteiger charge is 2.38. The molecule has 1 heterocycles. The molecular weight excluding hydrogens is 402 g/mol. The van der Waals surface area contributed by atoms with Crippen molar-refractivity contribution in [3.63, 3.8) is 0 Å². The fourth-order valence-electron chi connectivity index (χ4n) is 4.05. The van der Waals surface area contributed by atoms with Gasteiger partial charge in [0.2, 0.25) is 0 Å². The number of carbonyl (C=O) groups is 1. The fourth-order valence-corrected chi connectivity index (χ4v) is 5.78. The largest absolute Gasteiger partial charge is 0.496 e. The average Bonchev–Trinajstić information content (AvgIpc) is 3.12. The van der Waals surface area contributed by atoms with Crippen LogP contribution in [0.1, 0.15) is 24.8 Å². The number of methoxy groups -OCH3 is 1. The first-order chi connectivity index (χ1) is 14.5. The van der Waals surface area contributed by atoms with Gasteiger partial charge in [-0.3, -0.25) is 9.10 Å². The number of ether oxygens (including phenoxy) is 2. The van der Waals surface area contributed by atoms with Crippen LogP contribution in [-0.2, 0) is 19.6 Å². The number of hydrogen-bond donors (Lipinski definition) is 0. The predicted octanol–water partition coefficient (Wildman–Crippen LogP) is 4.09. The van der Waals surface area contributed by atoms with E-state index in [0.717, 1.165) is 10.9 Å². The van der Waals surface area contributed by atoms with Crippen LogP contribution in [0.2, 0.25) is 0 Å². The number of benzene rings is 3. The third kappa shape index (κ3) is 3.39. The highest BCUT2D eigenvalue weighted by Crippen LogP contribution is 2.42. The van der Waals surface area contributed by atoms with E-state index in [1.165, 1.54) is 4.31 Å². The van der Waals surface area contributed by atoms with Crippen LogP contribution < -0.4 is 9.04 Å². The first-order valence-corrected chi connectivity index (χ1v) is 11.2. The molecule has 0 aliphatic carbocycles. The monoisotopic (exact) mass is 425 g/mol. The fraction of sp³-hybridized carbons (Fsp3) is 0.261. The number of nitrogens with zero attached hydrogens (tertiary/aromatic N) is 1. The van der Waals surface area contributed by atoms with Gasteiger partial charge in [0, 0.05) is 23.2 Å². The van der Waals surface area contributed by atoms with E-state index < -0.39 is 10.0 Å². The lowest BCUT2D eigenvalue weighted by Crippen LogP contribution is -2.30. The normalized spacial score (nSPS) is 15.8. The molecule has 3 aromatic carbocycles. The van der Waals surface area contributed by atoms with Crippen molar-refractivity contribution in [1.29, 1.82) is 0 Å². The van der Waals surface area contributed by atoms with E-state index in [9.17, 15) is 13.2 Å². The Kier molecular flexibility index (Phi) is 5.39. The smallest absolute Gasteiger partial charge is 0.306 e. The maximum atomic E-state index is 13.7. The second-order valence-corrected chi connectivity index (χ2v) is 8.94. The molecule has 0 N–H and O–H groups in total. The van der Waals surface area contributed by atoms with Gasteiger partial charge >= 0.3 is 5.97 Å². The summed E-state index contributed by atoms with van der Waals surface area (Å²) in [4.78, 5) is 12.3. The summed E-state index contributed by atoms with van der Waals surface area (Å²) < 4.78 is 39.4. The predicted molar refractivity (Wildman–Crippen MR) is 115 cm³/mol. The topological polar surface area (TPSA) is 72.9 Å². The van der Waals surface area contributed by atoms with Crippen molar-refractivity contribution >= 4 is 32.5 Å². The second kappa shape index (κ2) is 7.99. The summed E-state index contributed by atoms with van der Waals surface area (Å²) in [6, 6.07) is 17.9. The van der Waals surface area contributed by atoms with Crippen molar-refractivity contribution in [1.82, 2.24) is 0 Å². The number of anilines is 1. The van der Waals surface area contributed by atoms with Gasteiger partial charge in [-0.1, -0.05) is 42.5 Å². The Balaban J connectivity index is 1.79. The van der Waals surface area contributed by atoms with E-state index >= 15 is 0 Å². The molecule has 7 heteroatoms. The van der Waals surface area contributed by atoms with Gasteiger partial charge in [-0.25, -0.2) is 8.42 Å². The lowest BCUT2D eigenvalue weighted by molar-refractivity contribution is -0.143. The number of para-hydroxylation sites is 1. The Morgan fingerprint density at radius 3 is 2.47 bits per heavy atom. The third-order valence-corrected chi connectivity index (χ3v) is 7.22. The summed E-state index contributed by atoms with van der Waals surface area (Å²) in [7, 11) is -2.30. The van der Waals surface area contributed by atoms with Crippen molar-refractivity contribution in [2.45, 2.75) is 24.2 Å². The van der Waals surface area contributed by atoms with Crippen molar-refractivity contribution in [2.75, 3.05) is 24.6 Å². The van der Waals surface area contributed by atoms with E-state index in [2.05, 4.69) is 0 Å². The van der Waals surface area contributed by atoms with Gasteiger partial charge < -0.3 is 9.47 Å². The average molecular weight is 426 g/mol. The summed E-state index contributed by atoms with van der Waals surface area (Å²) in [6.45, 7) is 2.25. The number of carbonyl (C=O) groups excluding carboxylic acids is 1.